The van der Waals surface area contributed by atoms with Crippen molar-refractivity contribution in [1.29, 1.82) is 0 Å². The van der Waals surface area contributed by atoms with Crippen LogP contribution < -0.4 is 4.74 Å². The highest BCUT2D eigenvalue weighted by atomic mass is 19.4. The van der Waals surface area contributed by atoms with E-state index in [0.717, 1.165) is 5.69 Å². The molecule has 1 fully saturated rings. The number of hydrogen-bond acceptors (Lipinski definition) is 4. The molecule has 4 nitrogen and oxygen atoms in total. The minimum Gasteiger partial charge on any atom is -0.472 e. The van der Waals surface area contributed by atoms with E-state index < -0.39 is 18.4 Å². The van der Waals surface area contributed by atoms with E-state index in [-0.39, 0.29) is 13.0 Å². The predicted molar refractivity (Wildman–Crippen MR) is 61.0 cm³/mol. The molecule has 2 heterocycles. The van der Waals surface area contributed by atoms with E-state index in [9.17, 15) is 13.2 Å². The number of aryl methyl sites for hydroxylation is 2. The van der Waals surface area contributed by atoms with Gasteiger partial charge in [-0.1, -0.05) is 0 Å². The van der Waals surface area contributed by atoms with Gasteiger partial charge in [-0.15, -0.1) is 0 Å². The van der Waals surface area contributed by atoms with Crippen LogP contribution in [0.15, 0.2) is 6.07 Å². The number of ether oxygens (including phenoxy) is 2. The Balaban J connectivity index is 1.92. The maximum absolute atomic E-state index is 12.4. The summed E-state index contributed by atoms with van der Waals surface area (Å²) in [4.78, 5) is 8.19. The second kappa shape index (κ2) is 5.32. The van der Waals surface area contributed by atoms with E-state index in [1.54, 1.807) is 19.9 Å². The number of rotatable bonds is 2. The van der Waals surface area contributed by atoms with Crippen LogP contribution in [0, 0.1) is 13.8 Å². The molecule has 1 aliphatic heterocycles. The van der Waals surface area contributed by atoms with Gasteiger partial charge in [0.1, 0.15) is 11.9 Å². The van der Waals surface area contributed by atoms with Crippen molar-refractivity contribution in [2.45, 2.75) is 45.1 Å². The fourth-order valence-corrected chi connectivity index (χ4v) is 1.99. The van der Waals surface area contributed by atoms with Crippen LogP contribution >= 0.6 is 0 Å². The Hall–Kier alpha value is -1.37. The van der Waals surface area contributed by atoms with Crippen molar-refractivity contribution in [3.63, 3.8) is 0 Å². The van der Waals surface area contributed by atoms with Crippen LogP contribution in [0.4, 0.5) is 13.2 Å². The topological polar surface area (TPSA) is 44.2 Å². The van der Waals surface area contributed by atoms with Gasteiger partial charge in [0, 0.05) is 11.8 Å². The minimum absolute atomic E-state index is 0.0771. The summed E-state index contributed by atoms with van der Waals surface area (Å²) < 4.78 is 47.6. The highest BCUT2D eigenvalue weighted by Gasteiger charge is 2.43. The van der Waals surface area contributed by atoms with Gasteiger partial charge in [0.15, 0.2) is 6.10 Å². The van der Waals surface area contributed by atoms with Crippen LogP contribution in [-0.4, -0.2) is 35.0 Å². The lowest BCUT2D eigenvalue weighted by Gasteiger charge is -2.30. The number of aromatic nitrogens is 2. The molecule has 1 saturated heterocycles. The zero-order chi connectivity index (χ0) is 14.0. The molecule has 106 valence electrons. The maximum atomic E-state index is 12.4. The predicted octanol–water partition coefficient (Wildman–Crippen LogP) is 2.58. The minimum atomic E-state index is -4.30. The fourth-order valence-electron chi connectivity index (χ4n) is 1.99. The third-order valence-electron chi connectivity index (χ3n) is 2.83. The van der Waals surface area contributed by atoms with E-state index in [2.05, 4.69) is 9.97 Å². The van der Waals surface area contributed by atoms with Crippen molar-refractivity contribution in [2.75, 3.05) is 6.61 Å². The molecule has 0 amide bonds. The van der Waals surface area contributed by atoms with Gasteiger partial charge in [0.2, 0.25) is 5.88 Å². The average Bonchev–Trinajstić information content (AvgIpc) is 2.26. The molecule has 0 N–H and O–H groups in total. The van der Waals surface area contributed by atoms with Crippen LogP contribution in [-0.2, 0) is 4.74 Å². The Bertz CT molecular complexity index is 423. The summed E-state index contributed by atoms with van der Waals surface area (Å²) in [5.41, 5.74) is 0.757. The lowest BCUT2D eigenvalue weighted by Crippen LogP contribution is -2.41. The third kappa shape index (κ3) is 3.79. The highest BCUT2D eigenvalue weighted by molar-refractivity contribution is 5.15. The molecule has 0 unspecified atom stereocenters. The van der Waals surface area contributed by atoms with Crippen LogP contribution in [0.2, 0.25) is 0 Å². The first-order valence-electron chi connectivity index (χ1n) is 6.02. The fraction of sp³-hybridized carbons (Fsp3) is 0.667. The third-order valence-corrected chi connectivity index (χ3v) is 2.83. The van der Waals surface area contributed by atoms with Gasteiger partial charge in [-0.3, -0.25) is 0 Å². The molecule has 0 radical (unpaired) electrons. The monoisotopic (exact) mass is 276 g/mol. The molecule has 0 saturated carbocycles. The van der Waals surface area contributed by atoms with Crippen LogP contribution in [0.1, 0.15) is 24.4 Å². The standard InChI is InChI=1S/C12H15F3N2O2/c1-7-5-11(17-8(2)16-7)19-9-3-4-10(18-6-9)12(13,14)15/h5,9-10H,3-4,6H2,1-2H3/t9-,10+/m1/s1. The molecule has 1 aromatic heterocycles. The Morgan fingerprint density at radius 1 is 1.26 bits per heavy atom. The van der Waals surface area contributed by atoms with Crippen molar-refractivity contribution >= 4 is 0 Å². The van der Waals surface area contributed by atoms with Crippen molar-refractivity contribution < 1.29 is 22.6 Å². The normalized spacial score (nSPS) is 24.3. The van der Waals surface area contributed by atoms with E-state index >= 15 is 0 Å². The lowest BCUT2D eigenvalue weighted by atomic mass is 10.1. The molecule has 1 aliphatic rings. The Labute approximate surface area is 109 Å². The Morgan fingerprint density at radius 2 is 2.00 bits per heavy atom. The molecule has 1 aromatic rings. The summed E-state index contributed by atoms with van der Waals surface area (Å²) in [6.07, 6.45) is -6.16. The van der Waals surface area contributed by atoms with Gasteiger partial charge in [0.25, 0.3) is 0 Å². The Kier molecular flexibility index (Phi) is 3.93. The molecule has 0 spiro atoms. The first-order valence-corrected chi connectivity index (χ1v) is 6.02. The van der Waals surface area contributed by atoms with Crippen molar-refractivity contribution in [2.24, 2.45) is 0 Å². The van der Waals surface area contributed by atoms with E-state index in [4.69, 9.17) is 9.47 Å². The second-order valence-corrected chi connectivity index (χ2v) is 4.58. The summed E-state index contributed by atoms with van der Waals surface area (Å²) in [6.45, 7) is 3.46. The van der Waals surface area contributed by atoms with Gasteiger partial charge in [-0.25, -0.2) is 4.98 Å². The molecule has 0 aliphatic carbocycles. The molecule has 2 rings (SSSR count). The zero-order valence-electron chi connectivity index (χ0n) is 10.7. The second-order valence-electron chi connectivity index (χ2n) is 4.58. The van der Waals surface area contributed by atoms with Gasteiger partial charge in [-0.05, 0) is 26.7 Å². The summed E-state index contributed by atoms with van der Waals surface area (Å²) in [5, 5.41) is 0. The van der Waals surface area contributed by atoms with E-state index in [1.165, 1.54) is 0 Å². The average molecular weight is 276 g/mol. The van der Waals surface area contributed by atoms with Crippen molar-refractivity contribution in [1.82, 2.24) is 9.97 Å². The van der Waals surface area contributed by atoms with Crippen LogP contribution in [0.5, 0.6) is 5.88 Å². The summed E-state index contributed by atoms with van der Waals surface area (Å²) in [7, 11) is 0. The number of halogens is 3. The molecular formula is C12H15F3N2O2. The largest absolute Gasteiger partial charge is 0.472 e. The summed E-state index contributed by atoms with van der Waals surface area (Å²) in [6, 6.07) is 1.66. The van der Waals surface area contributed by atoms with Gasteiger partial charge in [0.05, 0.1) is 6.61 Å². The zero-order valence-corrected chi connectivity index (χ0v) is 10.7. The quantitative estimate of drug-likeness (QED) is 0.832. The highest BCUT2D eigenvalue weighted by Crippen LogP contribution is 2.30. The summed E-state index contributed by atoms with van der Waals surface area (Å²) in [5.74, 6) is 0.948. The first-order chi connectivity index (χ1) is 8.84. The maximum Gasteiger partial charge on any atom is 0.414 e. The molecule has 0 aromatic carbocycles. The number of nitrogens with zero attached hydrogens (tertiary/aromatic N) is 2. The van der Waals surface area contributed by atoms with E-state index in [1.807, 2.05) is 0 Å². The van der Waals surface area contributed by atoms with Crippen molar-refractivity contribution in [3.8, 4) is 5.88 Å². The molecule has 19 heavy (non-hydrogen) atoms. The number of hydrogen-bond donors (Lipinski definition) is 0. The van der Waals surface area contributed by atoms with Gasteiger partial charge < -0.3 is 9.47 Å². The Morgan fingerprint density at radius 3 is 2.53 bits per heavy atom. The van der Waals surface area contributed by atoms with Gasteiger partial charge >= 0.3 is 6.18 Å². The SMILES string of the molecule is Cc1cc(O[C@@H]2CC[C@@H](C(F)(F)F)OC2)nc(C)n1. The van der Waals surface area contributed by atoms with Crippen LogP contribution in [0.3, 0.4) is 0 Å². The lowest BCUT2D eigenvalue weighted by molar-refractivity contribution is -0.238. The van der Waals surface area contributed by atoms with Crippen LogP contribution in [0.25, 0.3) is 0 Å². The molecule has 2 atom stereocenters. The van der Waals surface area contributed by atoms with Gasteiger partial charge in [-0.2, -0.15) is 18.2 Å². The number of alkyl halides is 3. The smallest absolute Gasteiger partial charge is 0.414 e. The van der Waals surface area contributed by atoms with Crippen molar-refractivity contribution in [3.05, 3.63) is 17.6 Å². The summed E-state index contributed by atoms with van der Waals surface area (Å²) >= 11 is 0. The first kappa shape index (κ1) is 14.0. The molecule has 0 bridgehead atoms. The molecular weight excluding hydrogens is 261 g/mol. The van der Waals surface area contributed by atoms with E-state index in [0.29, 0.717) is 18.1 Å². The molecule has 7 heteroatoms.